The molecule has 2 aromatic heterocycles. The molecule has 0 spiro atoms. The Bertz CT molecular complexity index is 567. The number of oxazole rings is 1. The number of carbonyl (C=O) groups is 1. The third-order valence-corrected chi connectivity index (χ3v) is 3.92. The highest BCUT2D eigenvalue weighted by molar-refractivity contribution is 8.00. The van der Waals surface area contributed by atoms with Crippen LogP contribution in [0.1, 0.15) is 17.4 Å². The van der Waals surface area contributed by atoms with Gasteiger partial charge in [0.2, 0.25) is 5.13 Å². The van der Waals surface area contributed by atoms with Crippen LogP contribution in [0.25, 0.3) is 0 Å². The van der Waals surface area contributed by atoms with Crippen LogP contribution >= 0.6 is 23.1 Å². The maximum atomic E-state index is 11.4. The van der Waals surface area contributed by atoms with Gasteiger partial charge in [-0.2, -0.15) is 4.98 Å². The summed E-state index contributed by atoms with van der Waals surface area (Å²) in [6.45, 7) is 2.04. The lowest BCUT2D eigenvalue weighted by Crippen LogP contribution is -2.07. The van der Waals surface area contributed by atoms with Crippen molar-refractivity contribution in [1.82, 2.24) is 15.2 Å². The van der Waals surface area contributed by atoms with E-state index in [-0.39, 0.29) is 5.69 Å². The van der Waals surface area contributed by atoms with Gasteiger partial charge in [-0.3, -0.25) is 0 Å². The zero-order chi connectivity index (χ0) is 13.8. The van der Waals surface area contributed by atoms with Crippen molar-refractivity contribution in [3.8, 4) is 0 Å². The van der Waals surface area contributed by atoms with Crippen LogP contribution in [0.4, 0.5) is 5.13 Å². The van der Waals surface area contributed by atoms with Gasteiger partial charge in [0.1, 0.15) is 6.26 Å². The standard InChI is InChI=1S/C10H12N4O3S2/c1-4-16-7(15)6-5-17-9(11-6)19-10-13-12-8(18-10)14(2)3/h5H,4H2,1-3H3. The fourth-order valence-electron chi connectivity index (χ4n) is 1.10. The van der Waals surface area contributed by atoms with Crippen molar-refractivity contribution >= 4 is 34.2 Å². The Hall–Kier alpha value is -1.61. The van der Waals surface area contributed by atoms with Gasteiger partial charge in [-0.1, -0.05) is 11.3 Å². The summed E-state index contributed by atoms with van der Waals surface area (Å²) in [4.78, 5) is 17.3. The normalized spacial score (nSPS) is 10.5. The van der Waals surface area contributed by atoms with E-state index in [2.05, 4.69) is 15.2 Å². The number of hydrogen-bond acceptors (Lipinski definition) is 9. The van der Waals surface area contributed by atoms with Gasteiger partial charge in [-0.15, -0.1) is 10.2 Å². The van der Waals surface area contributed by atoms with Crippen LogP contribution in [-0.2, 0) is 4.74 Å². The number of carbonyl (C=O) groups excluding carboxylic acids is 1. The first-order valence-electron chi connectivity index (χ1n) is 5.41. The van der Waals surface area contributed by atoms with Crippen molar-refractivity contribution in [2.45, 2.75) is 16.5 Å². The molecule has 0 fully saturated rings. The molecule has 0 aliphatic carbocycles. The van der Waals surface area contributed by atoms with Gasteiger partial charge < -0.3 is 14.1 Å². The molecule has 2 rings (SSSR count). The summed E-state index contributed by atoms with van der Waals surface area (Å²) in [7, 11) is 3.78. The molecular weight excluding hydrogens is 288 g/mol. The monoisotopic (exact) mass is 300 g/mol. The molecule has 0 unspecified atom stereocenters. The minimum Gasteiger partial charge on any atom is -0.461 e. The molecule has 102 valence electrons. The Morgan fingerprint density at radius 1 is 1.53 bits per heavy atom. The second kappa shape index (κ2) is 6.02. The SMILES string of the molecule is CCOC(=O)c1coc(Sc2nnc(N(C)C)s2)n1. The average Bonchev–Trinajstić information content (AvgIpc) is 2.99. The number of ether oxygens (including phenoxy) is 1. The predicted molar refractivity (Wildman–Crippen MR) is 70.8 cm³/mol. The van der Waals surface area contributed by atoms with Gasteiger partial charge in [0.15, 0.2) is 10.0 Å². The topological polar surface area (TPSA) is 81.3 Å². The van der Waals surface area contributed by atoms with E-state index in [9.17, 15) is 4.79 Å². The Morgan fingerprint density at radius 2 is 2.32 bits per heavy atom. The molecule has 7 nitrogen and oxygen atoms in total. The third kappa shape index (κ3) is 3.44. The maximum absolute atomic E-state index is 11.4. The van der Waals surface area contributed by atoms with E-state index in [4.69, 9.17) is 9.15 Å². The molecule has 0 aliphatic rings. The van der Waals surface area contributed by atoms with E-state index in [1.807, 2.05) is 19.0 Å². The van der Waals surface area contributed by atoms with E-state index in [0.29, 0.717) is 16.2 Å². The summed E-state index contributed by atoms with van der Waals surface area (Å²) in [6.07, 6.45) is 1.27. The number of nitrogens with zero attached hydrogens (tertiary/aromatic N) is 4. The fraction of sp³-hybridized carbons (Fsp3) is 0.400. The number of aromatic nitrogens is 3. The maximum Gasteiger partial charge on any atom is 0.360 e. The Kier molecular flexibility index (Phi) is 4.38. The Labute approximate surface area is 118 Å². The van der Waals surface area contributed by atoms with E-state index >= 15 is 0 Å². The van der Waals surface area contributed by atoms with Crippen LogP contribution in [0.3, 0.4) is 0 Å². The van der Waals surface area contributed by atoms with Crippen LogP contribution in [-0.4, -0.2) is 41.9 Å². The molecule has 0 atom stereocenters. The summed E-state index contributed by atoms with van der Waals surface area (Å²) < 4.78 is 10.7. The van der Waals surface area contributed by atoms with Gasteiger partial charge in [0.05, 0.1) is 6.61 Å². The molecule has 0 N–H and O–H groups in total. The first kappa shape index (κ1) is 13.8. The molecule has 0 amide bonds. The minimum atomic E-state index is -0.496. The second-order valence-electron chi connectivity index (χ2n) is 3.57. The van der Waals surface area contributed by atoms with Crippen molar-refractivity contribution in [2.75, 3.05) is 25.6 Å². The first-order chi connectivity index (χ1) is 9.10. The predicted octanol–water partition coefficient (Wildman–Crippen LogP) is 1.92. The smallest absolute Gasteiger partial charge is 0.360 e. The lowest BCUT2D eigenvalue weighted by atomic mass is 10.5. The Balaban J connectivity index is 2.04. The molecular formula is C10H12N4O3S2. The summed E-state index contributed by atoms with van der Waals surface area (Å²) in [5.74, 6) is -0.496. The quantitative estimate of drug-likeness (QED) is 0.775. The molecule has 0 aliphatic heterocycles. The summed E-state index contributed by atoms with van der Waals surface area (Å²) in [6, 6.07) is 0. The lowest BCUT2D eigenvalue weighted by molar-refractivity contribution is 0.0519. The summed E-state index contributed by atoms with van der Waals surface area (Å²) >= 11 is 2.63. The van der Waals surface area contributed by atoms with Crippen LogP contribution in [0, 0.1) is 0 Å². The molecule has 9 heteroatoms. The second-order valence-corrected chi connectivity index (χ2v) is 5.72. The molecule has 19 heavy (non-hydrogen) atoms. The van der Waals surface area contributed by atoms with Crippen molar-refractivity contribution in [3.05, 3.63) is 12.0 Å². The number of rotatable bonds is 5. The van der Waals surface area contributed by atoms with E-state index in [0.717, 1.165) is 5.13 Å². The molecule has 2 aromatic rings. The first-order valence-corrected chi connectivity index (χ1v) is 7.04. The molecule has 0 aromatic carbocycles. The molecule has 0 radical (unpaired) electrons. The average molecular weight is 300 g/mol. The van der Waals surface area contributed by atoms with Crippen LogP contribution in [0.5, 0.6) is 0 Å². The molecule has 0 saturated heterocycles. The highest BCUT2D eigenvalue weighted by Crippen LogP contribution is 2.32. The fourth-order valence-corrected chi connectivity index (χ4v) is 2.68. The summed E-state index contributed by atoms with van der Waals surface area (Å²) in [5, 5.41) is 9.12. The Morgan fingerprint density at radius 3 is 2.95 bits per heavy atom. The zero-order valence-electron chi connectivity index (χ0n) is 10.6. The van der Waals surface area contributed by atoms with Crippen LogP contribution < -0.4 is 4.90 Å². The van der Waals surface area contributed by atoms with Crippen molar-refractivity contribution in [3.63, 3.8) is 0 Å². The molecule has 0 bridgehead atoms. The highest BCUT2D eigenvalue weighted by Gasteiger charge is 2.16. The number of esters is 1. The molecule has 2 heterocycles. The van der Waals surface area contributed by atoms with Crippen molar-refractivity contribution in [1.29, 1.82) is 0 Å². The lowest BCUT2D eigenvalue weighted by Gasteiger charge is -2.03. The largest absolute Gasteiger partial charge is 0.461 e. The van der Waals surface area contributed by atoms with E-state index in [1.165, 1.54) is 29.4 Å². The van der Waals surface area contributed by atoms with E-state index in [1.54, 1.807) is 6.92 Å². The highest BCUT2D eigenvalue weighted by atomic mass is 32.2. The van der Waals surface area contributed by atoms with E-state index < -0.39 is 5.97 Å². The zero-order valence-corrected chi connectivity index (χ0v) is 12.2. The van der Waals surface area contributed by atoms with Crippen LogP contribution in [0.15, 0.2) is 20.2 Å². The summed E-state index contributed by atoms with van der Waals surface area (Å²) in [5.41, 5.74) is 0.154. The third-order valence-electron chi connectivity index (χ3n) is 1.92. The van der Waals surface area contributed by atoms with Crippen molar-refractivity contribution in [2.24, 2.45) is 0 Å². The van der Waals surface area contributed by atoms with Gasteiger partial charge in [0, 0.05) is 25.9 Å². The minimum absolute atomic E-state index is 0.154. The molecule has 0 saturated carbocycles. The number of anilines is 1. The van der Waals surface area contributed by atoms with Gasteiger partial charge in [-0.05, 0) is 6.92 Å². The number of hydrogen-bond donors (Lipinski definition) is 0. The van der Waals surface area contributed by atoms with Crippen molar-refractivity contribution < 1.29 is 13.9 Å². The van der Waals surface area contributed by atoms with Crippen LogP contribution in [0.2, 0.25) is 0 Å². The van der Waals surface area contributed by atoms with Gasteiger partial charge in [0.25, 0.3) is 5.22 Å². The van der Waals surface area contributed by atoms with Gasteiger partial charge >= 0.3 is 5.97 Å². The van der Waals surface area contributed by atoms with Gasteiger partial charge in [-0.25, -0.2) is 4.79 Å².